The van der Waals surface area contributed by atoms with Crippen molar-refractivity contribution in [2.75, 3.05) is 21.3 Å². The zero-order valence-corrected chi connectivity index (χ0v) is 13.7. The lowest BCUT2D eigenvalue weighted by atomic mass is 10.1. The van der Waals surface area contributed by atoms with Gasteiger partial charge in [-0.2, -0.15) is 0 Å². The molecule has 0 aromatic heterocycles. The molecule has 0 aliphatic carbocycles. The minimum absolute atomic E-state index is 0.185. The highest BCUT2D eigenvalue weighted by Crippen LogP contribution is 2.30. The number of nitrogens with zero attached hydrogens (tertiary/aromatic N) is 1. The summed E-state index contributed by atoms with van der Waals surface area (Å²) in [5.74, 6) is 0.593. The number of carbonyl (C=O) groups excluding carboxylic acids is 1. The molecule has 4 nitrogen and oxygen atoms in total. The van der Waals surface area contributed by atoms with E-state index in [-0.39, 0.29) is 18.3 Å². The van der Waals surface area contributed by atoms with Crippen LogP contribution in [0.15, 0.2) is 36.4 Å². The van der Waals surface area contributed by atoms with Crippen LogP contribution in [0.1, 0.15) is 21.5 Å². The SMILES string of the molecule is COc1cc(C(=O)N(C)Cc2ccccc2F)cc(OC)c1C. The normalized spacial score (nSPS) is 10.3. The minimum atomic E-state index is -0.328. The van der Waals surface area contributed by atoms with Gasteiger partial charge in [-0.3, -0.25) is 4.79 Å². The molecule has 5 heteroatoms. The van der Waals surface area contributed by atoms with Gasteiger partial charge in [0.2, 0.25) is 0 Å². The molecule has 0 N–H and O–H groups in total. The number of carbonyl (C=O) groups is 1. The fourth-order valence-electron chi connectivity index (χ4n) is 2.38. The molecule has 0 aliphatic heterocycles. The molecular formula is C18H20FNO3. The third kappa shape index (κ3) is 3.62. The number of hydrogen-bond acceptors (Lipinski definition) is 3. The lowest BCUT2D eigenvalue weighted by Crippen LogP contribution is -2.26. The third-order valence-electron chi connectivity index (χ3n) is 3.71. The van der Waals surface area contributed by atoms with E-state index < -0.39 is 0 Å². The summed E-state index contributed by atoms with van der Waals surface area (Å²) in [5, 5.41) is 0. The fourth-order valence-corrected chi connectivity index (χ4v) is 2.38. The van der Waals surface area contributed by atoms with Gasteiger partial charge in [-0.15, -0.1) is 0 Å². The molecule has 122 valence electrons. The van der Waals surface area contributed by atoms with E-state index in [0.29, 0.717) is 22.6 Å². The van der Waals surface area contributed by atoms with Gasteiger partial charge in [0.05, 0.1) is 14.2 Å². The lowest BCUT2D eigenvalue weighted by Gasteiger charge is -2.19. The molecule has 0 spiro atoms. The molecule has 2 aromatic rings. The van der Waals surface area contributed by atoms with E-state index in [2.05, 4.69) is 0 Å². The van der Waals surface area contributed by atoms with Crippen molar-refractivity contribution in [2.24, 2.45) is 0 Å². The maximum absolute atomic E-state index is 13.7. The van der Waals surface area contributed by atoms with Crippen LogP contribution in [0.3, 0.4) is 0 Å². The molecule has 0 atom stereocenters. The van der Waals surface area contributed by atoms with E-state index in [1.807, 2.05) is 6.92 Å². The summed E-state index contributed by atoms with van der Waals surface area (Å²) in [6, 6.07) is 9.74. The molecule has 2 aromatic carbocycles. The average Bonchev–Trinajstić information content (AvgIpc) is 2.56. The number of ether oxygens (including phenoxy) is 2. The number of amides is 1. The van der Waals surface area contributed by atoms with Gasteiger partial charge in [-0.25, -0.2) is 4.39 Å². The van der Waals surface area contributed by atoms with Crippen molar-refractivity contribution < 1.29 is 18.7 Å². The maximum Gasteiger partial charge on any atom is 0.254 e. The molecule has 0 heterocycles. The Kier molecular flexibility index (Phi) is 5.21. The maximum atomic E-state index is 13.7. The zero-order valence-electron chi connectivity index (χ0n) is 13.7. The molecule has 2 rings (SSSR count). The smallest absolute Gasteiger partial charge is 0.254 e. The predicted molar refractivity (Wildman–Crippen MR) is 86.5 cm³/mol. The highest BCUT2D eigenvalue weighted by atomic mass is 19.1. The molecule has 0 radical (unpaired) electrons. The van der Waals surface area contributed by atoms with E-state index in [0.717, 1.165) is 5.56 Å². The van der Waals surface area contributed by atoms with Crippen molar-refractivity contribution in [3.05, 3.63) is 58.9 Å². The van der Waals surface area contributed by atoms with Gasteiger partial charge in [-0.05, 0) is 25.1 Å². The molecule has 0 saturated heterocycles. The van der Waals surface area contributed by atoms with Crippen LogP contribution < -0.4 is 9.47 Å². The number of halogens is 1. The van der Waals surface area contributed by atoms with Crippen LogP contribution in [0, 0.1) is 12.7 Å². The molecule has 0 bridgehead atoms. The van der Waals surface area contributed by atoms with Gasteiger partial charge in [0.1, 0.15) is 17.3 Å². The van der Waals surface area contributed by atoms with E-state index >= 15 is 0 Å². The Labute approximate surface area is 135 Å². The third-order valence-corrected chi connectivity index (χ3v) is 3.71. The summed E-state index contributed by atoms with van der Waals surface area (Å²) in [6.07, 6.45) is 0. The van der Waals surface area contributed by atoms with Gasteiger partial charge >= 0.3 is 0 Å². The first kappa shape index (κ1) is 16.8. The lowest BCUT2D eigenvalue weighted by molar-refractivity contribution is 0.0783. The summed E-state index contributed by atoms with van der Waals surface area (Å²) >= 11 is 0. The summed E-state index contributed by atoms with van der Waals surface area (Å²) in [6.45, 7) is 2.04. The molecule has 0 aliphatic rings. The number of rotatable bonds is 5. The molecule has 0 fully saturated rings. The van der Waals surface area contributed by atoms with E-state index in [4.69, 9.17) is 9.47 Å². The van der Waals surface area contributed by atoms with E-state index in [1.165, 1.54) is 11.0 Å². The van der Waals surface area contributed by atoms with Crippen molar-refractivity contribution in [1.29, 1.82) is 0 Å². The quantitative estimate of drug-likeness (QED) is 0.848. The average molecular weight is 317 g/mol. The van der Waals surface area contributed by atoms with Gasteiger partial charge in [0, 0.05) is 30.3 Å². The van der Waals surface area contributed by atoms with Crippen LogP contribution in [0.5, 0.6) is 11.5 Å². The van der Waals surface area contributed by atoms with Crippen molar-refractivity contribution in [3.63, 3.8) is 0 Å². The monoisotopic (exact) mass is 317 g/mol. The summed E-state index contributed by atoms with van der Waals surface area (Å²) in [4.78, 5) is 14.1. The second-order valence-electron chi connectivity index (χ2n) is 5.26. The summed E-state index contributed by atoms with van der Waals surface area (Å²) < 4.78 is 24.3. The van der Waals surface area contributed by atoms with Crippen molar-refractivity contribution >= 4 is 5.91 Å². The van der Waals surface area contributed by atoms with E-state index in [9.17, 15) is 9.18 Å². The van der Waals surface area contributed by atoms with E-state index in [1.54, 1.807) is 51.6 Å². The van der Waals surface area contributed by atoms with Crippen molar-refractivity contribution in [3.8, 4) is 11.5 Å². The molecular weight excluding hydrogens is 297 g/mol. The Morgan fingerprint density at radius 1 is 1.13 bits per heavy atom. The van der Waals surface area contributed by atoms with Crippen LogP contribution in [-0.4, -0.2) is 32.1 Å². The highest BCUT2D eigenvalue weighted by molar-refractivity contribution is 5.95. The summed E-state index contributed by atoms with van der Waals surface area (Å²) in [7, 11) is 4.71. The van der Waals surface area contributed by atoms with Gasteiger partial charge in [0.25, 0.3) is 5.91 Å². The molecule has 0 unspecified atom stereocenters. The number of methoxy groups -OCH3 is 2. The Hall–Kier alpha value is -2.56. The first-order valence-corrected chi connectivity index (χ1v) is 7.19. The topological polar surface area (TPSA) is 38.8 Å². The molecule has 1 amide bonds. The van der Waals surface area contributed by atoms with Gasteiger partial charge in [0.15, 0.2) is 0 Å². The minimum Gasteiger partial charge on any atom is -0.496 e. The number of benzene rings is 2. The van der Waals surface area contributed by atoms with Crippen LogP contribution >= 0.6 is 0 Å². The van der Waals surface area contributed by atoms with Crippen LogP contribution in [-0.2, 0) is 6.54 Å². The van der Waals surface area contributed by atoms with Gasteiger partial charge in [-0.1, -0.05) is 18.2 Å². The highest BCUT2D eigenvalue weighted by Gasteiger charge is 2.17. The first-order chi connectivity index (χ1) is 11.0. The fraction of sp³-hybridized carbons (Fsp3) is 0.278. The van der Waals surface area contributed by atoms with Crippen molar-refractivity contribution in [1.82, 2.24) is 4.90 Å². The Balaban J connectivity index is 2.27. The predicted octanol–water partition coefficient (Wildman–Crippen LogP) is 3.42. The van der Waals surface area contributed by atoms with Gasteiger partial charge < -0.3 is 14.4 Å². The second kappa shape index (κ2) is 7.13. The Morgan fingerprint density at radius 3 is 2.22 bits per heavy atom. The molecule has 23 heavy (non-hydrogen) atoms. The zero-order chi connectivity index (χ0) is 17.0. The number of hydrogen-bond donors (Lipinski definition) is 0. The Bertz CT molecular complexity index is 690. The molecule has 0 saturated carbocycles. The largest absolute Gasteiger partial charge is 0.496 e. The van der Waals surface area contributed by atoms with Crippen LogP contribution in [0.25, 0.3) is 0 Å². The Morgan fingerprint density at radius 2 is 1.70 bits per heavy atom. The standard InChI is InChI=1S/C18H20FNO3/c1-12-16(22-3)9-14(10-17(12)23-4)18(21)20(2)11-13-7-5-6-8-15(13)19/h5-10H,11H2,1-4H3. The second-order valence-corrected chi connectivity index (χ2v) is 5.26. The van der Waals surface area contributed by atoms with Crippen LogP contribution in [0.2, 0.25) is 0 Å². The van der Waals surface area contributed by atoms with Crippen molar-refractivity contribution in [2.45, 2.75) is 13.5 Å². The first-order valence-electron chi connectivity index (χ1n) is 7.19. The van der Waals surface area contributed by atoms with Crippen LogP contribution in [0.4, 0.5) is 4.39 Å². The summed E-state index contributed by atoms with van der Waals surface area (Å²) in [5.41, 5.74) is 1.72.